The number of aromatic nitrogens is 2. The summed E-state index contributed by atoms with van der Waals surface area (Å²) in [6, 6.07) is 18.0. The van der Waals surface area contributed by atoms with Gasteiger partial charge in [0.2, 0.25) is 0 Å². The number of thiocarbonyl (C=S) groups is 1. The fourth-order valence-electron chi connectivity index (χ4n) is 5.66. The second-order valence-electron chi connectivity index (χ2n) is 9.54. The average molecular weight is 460 g/mol. The lowest BCUT2D eigenvalue weighted by molar-refractivity contribution is 0.245. The summed E-state index contributed by atoms with van der Waals surface area (Å²) in [5, 5.41) is 4.51. The molecule has 33 heavy (non-hydrogen) atoms. The highest BCUT2D eigenvalue weighted by Gasteiger charge is 2.44. The molecule has 1 saturated carbocycles. The Balaban J connectivity index is 1.60. The van der Waals surface area contributed by atoms with Gasteiger partial charge in [0.25, 0.3) is 0 Å². The molecule has 1 saturated heterocycles. The van der Waals surface area contributed by atoms with Gasteiger partial charge in [-0.3, -0.25) is 4.98 Å². The van der Waals surface area contributed by atoms with Gasteiger partial charge in [0.05, 0.1) is 17.8 Å². The molecule has 3 heterocycles. The normalized spacial score (nSPS) is 21.0. The van der Waals surface area contributed by atoms with Gasteiger partial charge in [-0.15, -0.1) is 0 Å². The molecule has 0 radical (unpaired) electrons. The van der Waals surface area contributed by atoms with E-state index in [1.54, 1.807) is 0 Å². The molecule has 0 amide bonds. The van der Waals surface area contributed by atoms with E-state index in [1.807, 2.05) is 12.3 Å². The maximum atomic E-state index is 5.92. The van der Waals surface area contributed by atoms with Gasteiger partial charge in [0, 0.05) is 49.1 Å². The number of aryl methyl sites for hydroxylation is 1. The molecule has 2 unspecified atom stereocenters. The fourth-order valence-corrected chi connectivity index (χ4v) is 6.05. The molecule has 3 aromatic rings. The molecule has 1 aliphatic carbocycles. The van der Waals surface area contributed by atoms with Gasteiger partial charge < -0.3 is 19.7 Å². The summed E-state index contributed by atoms with van der Waals surface area (Å²) in [5.41, 5.74) is 7.28. The summed E-state index contributed by atoms with van der Waals surface area (Å²) in [5.74, 6) is 0. The molecule has 2 aromatic heterocycles. The Morgan fingerprint density at radius 1 is 1.03 bits per heavy atom. The van der Waals surface area contributed by atoms with Crippen molar-refractivity contribution in [3.63, 3.8) is 0 Å². The molecular formula is C27H33N5S. The minimum absolute atomic E-state index is 0.0457. The van der Waals surface area contributed by atoms with Crippen LogP contribution in [-0.4, -0.2) is 39.7 Å². The van der Waals surface area contributed by atoms with Crippen molar-refractivity contribution in [3.8, 4) is 5.69 Å². The summed E-state index contributed by atoms with van der Waals surface area (Å²) >= 11 is 5.92. The molecule has 5 nitrogen and oxygen atoms in total. The van der Waals surface area contributed by atoms with E-state index < -0.39 is 0 Å². The molecule has 172 valence electrons. The summed E-state index contributed by atoms with van der Waals surface area (Å²) in [4.78, 5) is 9.34. The van der Waals surface area contributed by atoms with Gasteiger partial charge in [-0.2, -0.15) is 0 Å². The average Bonchev–Trinajstić information content (AvgIpc) is 3.52. The minimum atomic E-state index is 0.0457. The van der Waals surface area contributed by atoms with E-state index in [-0.39, 0.29) is 12.1 Å². The van der Waals surface area contributed by atoms with Gasteiger partial charge >= 0.3 is 0 Å². The Bertz CT molecular complexity index is 1130. The molecule has 2 atom stereocenters. The Morgan fingerprint density at radius 2 is 1.76 bits per heavy atom. The Morgan fingerprint density at radius 3 is 2.39 bits per heavy atom. The fraction of sp³-hybridized carbons (Fsp3) is 0.407. The van der Waals surface area contributed by atoms with Crippen molar-refractivity contribution >= 4 is 23.0 Å². The van der Waals surface area contributed by atoms with Gasteiger partial charge in [-0.25, -0.2) is 0 Å². The highest BCUT2D eigenvalue weighted by molar-refractivity contribution is 7.80. The van der Waals surface area contributed by atoms with Crippen molar-refractivity contribution in [1.29, 1.82) is 0 Å². The lowest BCUT2D eigenvalue weighted by atomic mass is 9.95. The van der Waals surface area contributed by atoms with Crippen LogP contribution in [0.1, 0.15) is 60.4 Å². The summed E-state index contributed by atoms with van der Waals surface area (Å²) in [6.07, 6.45) is 6.85. The SMILES string of the molecule is Cc1cc(C2C(c3ccccn3)NC(=S)N2C2CCCC2)c(C)n1-c1ccc(N(C)C)cc1. The van der Waals surface area contributed by atoms with Crippen LogP contribution in [0.4, 0.5) is 5.69 Å². The van der Waals surface area contributed by atoms with E-state index in [2.05, 4.69) is 90.1 Å². The molecule has 1 N–H and O–H groups in total. The van der Waals surface area contributed by atoms with Crippen LogP contribution >= 0.6 is 12.2 Å². The molecule has 0 bridgehead atoms. The summed E-state index contributed by atoms with van der Waals surface area (Å²) in [7, 11) is 4.15. The Labute approximate surface area is 202 Å². The first kappa shape index (κ1) is 22.0. The van der Waals surface area contributed by atoms with Crippen molar-refractivity contribution < 1.29 is 0 Å². The zero-order valence-corrected chi connectivity index (χ0v) is 20.8. The quantitative estimate of drug-likeness (QED) is 0.512. The van der Waals surface area contributed by atoms with Crippen molar-refractivity contribution in [2.24, 2.45) is 0 Å². The number of rotatable bonds is 5. The molecule has 5 rings (SSSR count). The van der Waals surface area contributed by atoms with E-state index in [1.165, 1.54) is 54.0 Å². The predicted molar refractivity (Wildman–Crippen MR) is 139 cm³/mol. The molecule has 1 aromatic carbocycles. The van der Waals surface area contributed by atoms with Crippen molar-refractivity contribution in [1.82, 2.24) is 19.8 Å². The zero-order valence-electron chi connectivity index (χ0n) is 20.0. The van der Waals surface area contributed by atoms with E-state index in [0.717, 1.165) is 10.8 Å². The molecule has 2 fully saturated rings. The largest absolute Gasteiger partial charge is 0.378 e. The monoisotopic (exact) mass is 459 g/mol. The standard InChI is InChI=1S/C27H33N5S/c1-18-17-23(19(2)31(18)22-14-12-20(13-15-22)30(3)4)26-25(24-11-7-8-16-28-24)29-27(33)32(26)21-9-5-6-10-21/h7-8,11-17,21,25-26H,5-6,9-10H2,1-4H3,(H,29,33). The minimum Gasteiger partial charge on any atom is -0.378 e. The molecule has 2 aliphatic rings. The van der Waals surface area contributed by atoms with Crippen molar-refractivity contribution in [2.75, 3.05) is 19.0 Å². The summed E-state index contributed by atoms with van der Waals surface area (Å²) in [6.45, 7) is 4.44. The third-order valence-corrected chi connectivity index (χ3v) is 7.60. The van der Waals surface area contributed by atoms with E-state index >= 15 is 0 Å². The smallest absolute Gasteiger partial charge is 0.170 e. The molecular weight excluding hydrogens is 426 g/mol. The lowest BCUT2D eigenvalue weighted by Gasteiger charge is -2.33. The first-order chi connectivity index (χ1) is 16.0. The number of anilines is 1. The van der Waals surface area contributed by atoms with Crippen LogP contribution < -0.4 is 10.2 Å². The van der Waals surface area contributed by atoms with Crippen molar-refractivity contribution in [3.05, 3.63) is 77.4 Å². The van der Waals surface area contributed by atoms with E-state index in [0.29, 0.717) is 6.04 Å². The first-order valence-electron chi connectivity index (χ1n) is 11.9. The maximum absolute atomic E-state index is 5.92. The lowest BCUT2D eigenvalue weighted by Crippen LogP contribution is -2.37. The van der Waals surface area contributed by atoms with Crippen LogP contribution in [0.2, 0.25) is 0 Å². The number of pyridine rings is 1. The molecule has 1 aliphatic heterocycles. The highest BCUT2D eigenvalue weighted by atomic mass is 32.1. The third kappa shape index (κ3) is 3.90. The highest BCUT2D eigenvalue weighted by Crippen LogP contribution is 2.44. The number of nitrogens with zero attached hydrogens (tertiary/aromatic N) is 4. The van der Waals surface area contributed by atoms with Crippen LogP contribution in [0.3, 0.4) is 0 Å². The Hall–Kier alpha value is -2.86. The van der Waals surface area contributed by atoms with Gasteiger partial charge in [-0.1, -0.05) is 18.9 Å². The van der Waals surface area contributed by atoms with Crippen LogP contribution in [0.5, 0.6) is 0 Å². The van der Waals surface area contributed by atoms with Crippen LogP contribution in [-0.2, 0) is 0 Å². The molecule has 0 spiro atoms. The number of hydrogen-bond acceptors (Lipinski definition) is 3. The van der Waals surface area contributed by atoms with Gasteiger partial charge in [0.15, 0.2) is 5.11 Å². The van der Waals surface area contributed by atoms with Crippen LogP contribution in [0.25, 0.3) is 5.69 Å². The predicted octanol–water partition coefficient (Wildman–Crippen LogP) is 5.47. The number of nitrogens with one attached hydrogen (secondary N) is 1. The second kappa shape index (κ2) is 8.82. The summed E-state index contributed by atoms with van der Waals surface area (Å²) < 4.78 is 2.37. The number of benzene rings is 1. The van der Waals surface area contributed by atoms with Gasteiger partial charge in [-0.05, 0) is 86.9 Å². The topological polar surface area (TPSA) is 36.3 Å². The van der Waals surface area contributed by atoms with Gasteiger partial charge in [0.1, 0.15) is 0 Å². The van der Waals surface area contributed by atoms with E-state index in [4.69, 9.17) is 17.2 Å². The zero-order chi connectivity index (χ0) is 23.1. The van der Waals surface area contributed by atoms with E-state index in [9.17, 15) is 0 Å². The Kier molecular flexibility index (Phi) is 5.87. The second-order valence-corrected chi connectivity index (χ2v) is 9.93. The van der Waals surface area contributed by atoms with Crippen LogP contribution in [0.15, 0.2) is 54.7 Å². The third-order valence-electron chi connectivity index (χ3n) is 7.27. The first-order valence-corrected chi connectivity index (χ1v) is 12.3. The van der Waals surface area contributed by atoms with Crippen molar-refractivity contribution in [2.45, 2.75) is 57.7 Å². The molecule has 6 heteroatoms. The number of hydrogen-bond donors (Lipinski definition) is 1. The maximum Gasteiger partial charge on any atom is 0.170 e. The van der Waals surface area contributed by atoms with Crippen LogP contribution in [0, 0.1) is 13.8 Å².